The summed E-state index contributed by atoms with van der Waals surface area (Å²) in [7, 11) is 0. The smallest absolute Gasteiger partial charge is 0.220 e. The summed E-state index contributed by atoms with van der Waals surface area (Å²) >= 11 is 0. The normalized spacial score (nSPS) is 20.5. The van der Waals surface area contributed by atoms with E-state index in [0.717, 1.165) is 38.2 Å². The second-order valence-corrected chi connectivity index (χ2v) is 8.14. The Hall–Kier alpha value is -2.61. The van der Waals surface area contributed by atoms with Gasteiger partial charge in [-0.25, -0.2) is 0 Å². The van der Waals surface area contributed by atoms with E-state index in [1.54, 1.807) is 0 Å². The van der Waals surface area contributed by atoms with Gasteiger partial charge in [0.25, 0.3) is 0 Å². The van der Waals surface area contributed by atoms with Crippen LogP contribution < -0.4 is 15.0 Å². The van der Waals surface area contributed by atoms with E-state index in [0.29, 0.717) is 18.7 Å². The lowest BCUT2D eigenvalue weighted by Gasteiger charge is -2.36. The van der Waals surface area contributed by atoms with Gasteiger partial charge in [0.15, 0.2) is 6.79 Å². The van der Waals surface area contributed by atoms with Gasteiger partial charge >= 0.3 is 0 Å². The molecule has 2 heterocycles. The average Bonchev–Trinajstić information content (AvgIpc) is 3.24. The summed E-state index contributed by atoms with van der Waals surface area (Å²) in [6, 6.07) is 18.2. The first-order valence-corrected chi connectivity index (χ1v) is 11.0. The number of hydrogen-bond donors (Lipinski definition) is 2. The van der Waals surface area contributed by atoms with Crippen molar-refractivity contribution in [1.29, 1.82) is 0 Å². The quantitative estimate of drug-likeness (QED) is 0.474. The van der Waals surface area contributed by atoms with Crippen molar-refractivity contribution in [2.45, 2.75) is 25.0 Å². The van der Waals surface area contributed by atoms with Crippen molar-refractivity contribution < 1.29 is 19.4 Å². The second-order valence-electron chi connectivity index (χ2n) is 8.14. The van der Waals surface area contributed by atoms with E-state index < -0.39 is 6.10 Å². The van der Waals surface area contributed by atoms with Gasteiger partial charge in [-0.3, -0.25) is 9.69 Å². The molecule has 0 spiro atoms. The van der Waals surface area contributed by atoms with E-state index in [-0.39, 0.29) is 25.3 Å². The maximum Gasteiger partial charge on any atom is 0.220 e. The molecule has 2 fully saturated rings. The summed E-state index contributed by atoms with van der Waals surface area (Å²) in [6.07, 6.45) is 0.828. The van der Waals surface area contributed by atoms with E-state index in [1.807, 2.05) is 30.3 Å². The number of para-hydroxylation sites is 1. The summed E-state index contributed by atoms with van der Waals surface area (Å²) in [4.78, 5) is 16.1. The number of carbonyl (C=O) groups excluding carboxylic acids is 1. The zero-order valence-electron chi connectivity index (χ0n) is 17.8. The molecule has 2 saturated heterocycles. The molecule has 2 N–H and O–H groups in total. The number of anilines is 1. The highest BCUT2D eigenvalue weighted by atomic mass is 16.7. The fourth-order valence-corrected chi connectivity index (χ4v) is 4.16. The highest BCUT2D eigenvalue weighted by Gasteiger charge is 2.22. The second kappa shape index (κ2) is 10.6. The Balaban J connectivity index is 1.13. The van der Waals surface area contributed by atoms with Crippen LogP contribution in [0.25, 0.3) is 0 Å². The number of hydrogen-bond acceptors (Lipinski definition) is 6. The first-order valence-electron chi connectivity index (χ1n) is 11.0. The maximum absolute atomic E-state index is 11.4. The van der Waals surface area contributed by atoms with Gasteiger partial charge in [-0.2, -0.15) is 0 Å². The molecule has 2 atom stereocenters. The van der Waals surface area contributed by atoms with Gasteiger partial charge in [-0.15, -0.1) is 0 Å². The molecular weight excluding hydrogens is 394 g/mol. The van der Waals surface area contributed by atoms with Crippen molar-refractivity contribution >= 4 is 11.6 Å². The Morgan fingerprint density at radius 3 is 2.61 bits per heavy atom. The lowest BCUT2D eigenvalue weighted by Crippen LogP contribution is -2.49. The van der Waals surface area contributed by atoms with Crippen LogP contribution in [0.2, 0.25) is 0 Å². The van der Waals surface area contributed by atoms with Gasteiger partial charge in [0.05, 0.1) is 18.8 Å². The predicted octanol–water partition coefficient (Wildman–Crippen LogP) is 2.17. The molecule has 0 saturated carbocycles. The van der Waals surface area contributed by atoms with Gasteiger partial charge in [-0.1, -0.05) is 30.3 Å². The van der Waals surface area contributed by atoms with Crippen LogP contribution in [0.5, 0.6) is 5.75 Å². The van der Waals surface area contributed by atoms with Crippen molar-refractivity contribution in [3.05, 3.63) is 60.2 Å². The van der Waals surface area contributed by atoms with Crippen molar-refractivity contribution in [3.63, 3.8) is 0 Å². The lowest BCUT2D eigenvalue weighted by atomic mass is 10.1. The van der Waals surface area contributed by atoms with E-state index in [1.165, 1.54) is 5.69 Å². The third-order valence-electron chi connectivity index (χ3n) is 5.84. The molecule has 2 aliphatic rings. The number of aliphatic hydroxyl groups is 1. The molecule has 2 aromatic rings. The molecule has 2 aromatic carbocycles. The van der Waals surface area contributed by atoms with Crippen LogP contribution >= 0.6 is 0 Å². The van der Waals surface area contributed by atoms with E-state index in [9.17, 15) is 9.90 Å². The zero-order chi connectivity index (χ0) is 21.5. The molecule has 0 aliphatic carbocycles. The minimum absolute atomic E-state index is 0.0566. The van der Waals surface area contributed by atoms with Crippen LogP contribution in [0.4, 0.5) is 5.69 Å². The van der Waals surface area contributed by atoms with Gasteiger partial charge in [0.1, 0.15) is 5.75 Å². The molecule has 166 valence electrons. The van der Waals surface area contributed by atoms with Crippen LogP contribution in [-0.4, -0.2) is 68.1 Å². The van der Waals surface area contributed by atoms with Gasteiger partial charge < -0.3 is 24.8 Å². The molecule has 1 amide bonds. The fraction of sp³-hybridized carbons (Fsp3) is 0.458. The molecule has 2 aliphatic heterocycles. The monoisotopic (exact) mass is 425 g/mol. The first kappa shape index (κ1) is 21.6. The van der Waals surface area contributed by atoms with Gasteiger partial charge in [0, 0.05) is 44.8 Å². The summed E-state index contributed by atoms with van der Waals surface area (Å²) in [6.45, 7) is 4.67. The van der Waals surface area contributed by atoms with Crippen LogP contribution in [-0.2, 0) is 9.53 Å². The molecule has 4 rings (SSSR count). The fourth-order valence-electron chi connectivity index (χ4n) is 4.16. The van der Waals surface area contributed by atoms with Crippen LogP contribution in [0.15, 0.2) is 54.6 Å². The van der Waals surface area contributed by atoms with Crippen LogP contribution in [0.3, 0.4) is 0 Å². The van der Waals surface area contributed by atoms with E-state index in [4.69, 9.17) is 9.47 Å². The average molecular weight is 426 g/mol. The molecule has 2 unspecified atom stereocenters. The van der Waals surface area contributed by atoms with Crippen molar-refractivity contribution in [2.75, 3.05) is 51.0 Å². The van der Waals surface area contributed by atoms with Crippen LogP contribution in [0, 0.1) is 0 Å². The largest absolute Gasteiger partial charge is 0.468 e. The van der Waals surface area contributed by atoms with Crippen molar-refractivity contribution in [3.8, 4) is 5.75 Å². The number of β-amino-alcohol motifs (C(OH)–C–C–N with tert-alkyl or cyclic N) is 1. The van der Waals surface area contributed by atoms with E-state index >= 15 is 0 Å². The third-order valence-corrected chi connectivity index (χ3v) is 5.84. The molecule has 7 nitrogen and oxygen atoms in total. The number of nitrogens with one attached hydrogen (secondary N) is 1. The number of nitrogens with zero attached hydrogens (tertiary/aromatic N) is 2. The summed E-state index contributed by atoms with van der Waals surface area (Å²) in [5.74, 6) is 0.792. The standard InChI is InChI=1S/C24H31N3O4/c28-21(16-26-11-13-27(14-12-26)20-6-2-1-3-7-20)17-30-18-31-22-8-4-5-19(15-22)23-9-10-24(29)25-23/h1-8,15,21,23,28H,9-14,16-18H2,(H,25,29). The number of aliphatic hydroxyl groups excluding tert-OH is 1. The van der Waals surface area contributed by atoms with Crippen molar-refractivity contribution in [2.24, 2.45) is 0 Å². The Labute approximate surface area is 183 Å². The predicted molar refractivity (Wildman–Crippen MR) is 119 cm³/mol. The molecular formula is C24H31N3O4. The number of benzene rings is 2. The van der Waals surface area contributed by atoms with Crippen LogP contribution in [0.1, 0.15) is 24.4 Å². The summed E-state index contributed by atoms with van der Waals surface area (Å²) < 4.78 is 11.2. The van der Waals surface area contributed by atoms with E-state index in [2.05, 4.69) is 39.4 Å². The molecule has 0 aromatic heterocycles. The number of ether oxygens (including phenoxy) is 2. The zero-order valence-corrected chi connectivity index (χ0v) is 17.8. The minimum Gasteiger partial charge on any atom is -0.468 e. The molecule has 7 heteroatoms. The highest BCUT2D eigenvalue weighted by molar-refractivity contribution is 5.78. The topological polar surface area (TPSA) is 74.3 Å². The molecule has 31 heavy (non-hydrogen) atoms. The lowest BCUT2D eigenvalue weighted by molar-refractivity contribution is -0.119. The third kappa shape index (κ3) is 6.19. The summed E-state index contributed by atoms with van der Waals surface area (Å²) in [5, 5.41) is 13.3. The van der Waals surface area contributed by atoms with Gasteiger partial charge in [-0.05, 0) is 36.2 Å². The molecule has 0 radical (unpaired) electrons. The first-order chi connectivity index (χ1) is 15.2. The number of carbonyl (C=O) groups is 1. The Morgan fingerprint density at radius 2 is 1.87 bits per heavy atom. The number of rotatable bonds is 9. The summed E-state index contributed by atoms with van der Waals surface area (Å²) in [5.41, 5.74) is 2.29. The Morgan fingerprint density at radius 1 is 1.06 bits per heavy atom. The number of amides is 1. The maximum atomic E-state index is 11.4. The van der Waals surface area contributed by atoms with Crippen molar-refractivity contribution in [1.82, 2.24) is 10.2 Å². The SMILES string of the molecule is O=C1CCC(c2cccc(OCOCC(O)CN3CCN(c4ccccc4)CC3)c2)N1. The molecule has 0 bridgehead atoms. The highest BCUT2D eigenvalue weighted by Crippen LogP contribution is 2.26. The minimum atomic E-state index is -0.549. The van der Waals surface area contributed by atoms with Gasteiger partial charge in [0.2, 0.25) is 5.91 Å². The number of piperazine rings is 1. The Kier molecular flexibility index (Phi) is 7.40. The Bertz CT molecular complexity index is 840.